The number of ether oxygens (including phenoxy) is 1. The van der Waals surface area contributed by atoms with E-state index in [4.69, 9.17) is 10.00 Å². The maximum atomic E-state index is 12.9. The average Bonchev–Trinajstić information content (AvgIpc) is 2.98. The summed E-state index contributed by atoms with van der Waals surface area (Å²) < 4.78 is 45.8. The predicted molar refractivity (Wildman–Crippen MR) is 84.9 cm³/mol. The van der Waals surface area contributed by atoms with Crippen LogP contribution in [0.5, 0.6) is 0 Å². The van der Waals surface area contributed by atoms with E-state index in [9.17, 15) is 13.2 Å². The van der Waals surface area contributed by atoms with Gasteiger partial charge in [0.15, 0.2) is 0 Å². The molecule has 2 aromatic rings. The van der Waals surface area contributed by atoms with E-state index in [0.29, 0.717) is 36.0 Å². The van der Waals surface area contributed by atoms with Gasteiger partial charge in [0.1, 0.15) is 5.82 Å². The molecular weight excluding hydrogens is 333 g/mol. The Morgan fingerprint density at radius 1 is 1.40 bits per heavy atom. The molecule has 3 rings (SSSR count). The molecule has 130 valence electrons. The van der Waals surface area contributed by atoms with Gasteiger partial charge in [0.05, 0.1) is 35.7 Å². The molecule has 0 saturated carbocycles. The SMILES string of the molecule is CCOC1=Nn2cc(-c3ccc(C(F)(F)F)c(C#N)c3)nc2C(C)C1. The number of hydrogen-bond acceptors (Lipinski definition) is 4. The fourth-order valence-electron chi connectivity index (χ4n) is 2.75. The second-order valence-corrected chi connectivity index (χ2v) is 5.73. The van der Waals surface area contributed by atoms with Crippen LogP contribution in [0.25, 0.3) is 11.3 Å². The number of aromatic nitrogens is 2. The molecule has 0 N–H and O–H groups in total. The first-order valence-corrected chi connectivity index (χ1v) is 7.75. The zero-order valence-corrected chi connectivity index (χ0v) is 13.6. The van der Waals surface area contributed by atoms with Crippen molar-refractivity contribution in [3.63, 3.8) is 0 Å². The first-order chi connectivity index (χ1) is 11.8. The standard InChI is InChI=1S/C17H15F3N4O/c1-3-25-15-6-10(2)16-22-14(9-24(16)23-15)11-4-5-13(17(18,19)20)12(7-11)8-21/h4-5,7,9-10H,3,6H2,1-2H3. The molecule has 0 amide bonds. The first kappa shape index (κ1) is 17.0. The van der Waals surface area contributed by atoms with Gasteiger partial charge in [-0.2, -0.15) is 18.4 Å². The topological polar surface area (TPSA) is 63.2 Å². The van der Waals surface area contributed by atoms with Gasteiger partial charge in [-0.1, -0.05) is 13.0 Å². The minimum atomic E-state index is -4.57. The minimum absolute atomic E-state index is 0.0673. The van der Waals surface area contributed by atoms with E-state index in [1.54, 1.807) is 16.9 Å². The molecule has 1 aromatic heterocycles. The highest BCUT2D eigenvalue weighted by atomic mass is 19.4. The predicted octanol–water partition coefficient (Wildman–Crippen LogP) is 4.15. The van der Waals surface area contributed by atoms with Crippen molar-refractivity contribution in [2.24, 2.45) is 5.10 Å². The van der Waals surface area contributed by atoms with Gasteiger partial charge in [0.25, 0.3) is 0 Å². The summed E-state index contributed by atoms with van der Waals surface area (Å²) in [5.41, 5.74) is -0.476. The molecule has 5 nitrogen and oxygen atoms in total. The maximum Gasteiger partial charge on any atom is 0.417 e. The lowest BCUT2D eigenvalue weighted by molar-refractivity contribution is -0.137. The number of nitrogens with zero attached hydrogens (tertiary/aromatic N) is 4. The molecule has 1 aliphatic rings. The third kappa shape index (κ3) is 3.22. The summed E-state index contributed by atoms with van der Waals surface area (Å²) in [7, 11) is 0. The van der Waals surface area contributed by atoms with Crippen molar-refractivity contribution in [3.8, 4) is 17.3 Å². The Kier molecular flexibility index (Phi) is 4.25. The molecule has 1 unspecified atom stereocenters. The second-order valence-electron chi connectivity index (χ2n) is 5.73. The summed E-state index contributed by atoms with van der Waals surface area (Å²) in [5, 5.41) is 13.4. The molecule has 0 bridgehead atoms. The van der Waals surface area contributed by atoms with Gasteiger partial charge in [-0.25, -0.2) is 9.66 Å². The summed E-state index contributed by atoms with van der Waals surface area (Å²) in [6.07, 6.45) is -2.32. The van der Waals surface area contributed by atoms with E-state index in [2.05, 4.69) is 10.1 Å². The third-order valence-electron chi connectivity index (χ3n) is 3.91. The van der Waals surface area contributed by atoms with Crippen molar-refractivity contribution < 1.29 is 17.9 Å². The average molecular weight is 348 g/mol. The molecule has 0 saturated heterocycles. The summed E-state index contributed by atoms with van der Waals surface area (Å²) in [6, 6.07) is 5.03. The lowest BCUT2D eigenvalue weighted by atomic mass is 10.0. The zero-order chi connectivity index (χ0) is 18.2. The second kappa shape index (κ2) is 6.24. The number of halogens is 3. The zero-order valence-electron chi connectivity index (χ0n) is 13.6. The molecule has 8 heteroatoms. The Labute approximate surface area is 142 Å². The van der Waals surface area contributed by atoms with Crippen LogP contribution in [-0.4, -0.2) is 22.2 Å². The number of hydrogen-bond donors (Lipinski definition) is 0. The maximum absolute atomic E-state index is 12.9. The quantitative estimate of drug-likeness (QED) is 0.819. The van der Waals surface area contributed by atoms with Crippen molar-refractivity contribution in [1.29, 1.82) is 5.26 Å². The van der Waals surface area contributed by atoms with Crippen LogP contribution >= 0.6 is 0 Å². The van der Waals surface area contributed by atoms with Crippen molar-refractivity contribution in [2.45, 2.75) is 32.4 Å². The van der Waals surface area contributed by atoms with Crippen LogP contribution in [0.2, 0.25) is 0 Å². The Bertz CT molecular complexity index is 877. The van der Waals surface area contributed by atoms with E-state index < -0.39 is 17.3 Å². The van der Waals surface area contributed by atoms with Crippen LogP contribution in [0.4, 0.5) is 13.2 Å². The third-order valence-corrected chi connectivity index (χ3v) is 3.91. The van der Waals surface area contributed by atoms with Crippen molar-refractivity contribution in [3.05, 3.63) is 41.3 Å². The summed E-state index contributed by atoms with van der Waals surface area (Å²) in [4.78, 5) is 4.47. The van der Waals surface area contributed by atoms with E-state index in [1.165, 1.54) is 12.1 Å². The van der Waals surface area contributed by atoms with Crippen molar-refractivity contribution in [2.75, 3.05) is 6.61 Å². The lowest BCUT2D eigenvalue weighted by Gasteiger charge is -2.18. The fourth-order valence-corrected chi connectivity index (χ4v) is 2.75. The number of imidazole rings is 1. The molecule has 0 radical (unpaired) electrons. The molecule has 0 fully saturated rings. The highest BCUT2D eigenvalue weighted by Crippen LogP contribution is 2.34. The van der Waals surface area contributed by atoms with E-state index in [-0.39, 0.29) is 5.92 Å². The van der Waals surface area contributed by atoms with Gasteiger partial charge in [0, 0.05) is 17.9 Å². The number of fused-ring (bicyclic) bond motifs is 1. The van der Waals surface area contributed by atoms with Crippen LogP contribution in [0.1, 0.15) is 43.1 Å². The molecule has 0 spiro atoms. The Balaban J connectivity index is 2.02. The summed E-state index contributed by atoms with van der Waals surface area (Å²) in [5.74, 6) is 1.37. The van der Waals surface area contributed by atoms with Gasteiger partial charge in [0.2, 0.25) is 5.90 Å². The summed E-state index contributed by atoms with van der Waals surface area (Å²) in [6.45, 7) is 4.35. The monoisotopic (exact) mass is 348 g/mol. The van der Waals surface area contributed by atoms with Crippen LogP contribution in [0.3, 0.4) is 0 Å². The molecule has 1 aliphatic heterocycles. The lowest BCUT2D eigenvalue weighted by Crippen LogP contribution is -2.18. The number of alkyl halides is 3. The van der Waals surface area contributed by atoms with Gasteiger partial charge in [-0.3, -0.25) is 0 Å². The van der Waals surface area contributed by atoms with E-state index in [1.807, 2.05) is 13.8 Å². The molecule has 2 heterocycles. The van der Waals surface area contributed by atoms with Crippen LogP contribution in [-0.2, 0) is 10.9 Å². The van der Waals surface area contributed by atoms with Gasteiger partial charge in [-0.05, 0) is 19.1 Å². The largest absolute Gasteiger partial charge is 0.480 e. The summed E-state index contributed by atoms with van der Waals surface area (Å²) >= 11 is 0. The molecule has 1 aromatic carbocycles. The van der Waals surface area contributed by atoms with Crippen LogP contribution in [0.15, 0.2) is 29.5 Å². The van der Waals surface area contributed by atoms with E-state index >= 15 is 0 Å². The molecule has 1 atom stereocenters. The Morgan fingerprint density at radius 3 is 2.80 bits per heavy atom. The van der Waals surface area contributed by atoms with Gasteiger partial charge >= 0.3 is 6.18 Å². The Morgan fingerprint density at radius 2 is 2.16 bits per heavy atom. The normalized spacial score (nSPS) is 16.8. The van der Waals surface area contributed by atoms with Crippen LogP contribution < -0.4 is 0 Å². The van der Waals surface area contributed by atoms with Crippen molar-refractivity contribution in [1.82, 2.24) is 9.66 Å². The molecular formula is C17H15F3N4O. The fraction of sp³-hybridized carbons (Fsp3) is 0.353. The highest BCUT2D eigenvalue weighted by Gasteiger charge is 2.33. The minimum Gasteiger partial charge on any atom is -0.480 e. The number of rotatable bonds is 2. The molecule has 25 heavy (non-hydrogen) atoms. The van der Waals surface area contributed by atoms with Crippen molar-refractivity contribution >= 4 is 5.90 Å². The highest BCUT2D eigenvalue weighted by molar-refractivity contribution is 5.78. The molecule has 0 aliphatic carbocycles. The van der Waals surface area contributed by atoms with Gasteiger partial charge < -0.3 is 4.74 Å². The first-order valence-electron chi connectivity index (χ1n) is 7.75. The smallest absolute Gasteiger partial charge is 0.417 e. The van der Waals surface area contributed by atoms with E-state index in [0.717, 1.165) is 6.07 Å². The van der Waals surface area contributed by atoms with Gasteiger partial charge in [-0.15, -0.1) is 5.10 Å². The number of benzene rings is 1. The Hall–Kier alpha value is -2.82. The number of nitriles is 1. The van der Waals surface area contributed by atoms with Crippen LogP contribution in [0, 0.1) is 11.3 Å².